The first-order chi connectivity index (χ1) is 8.06. The van der Waals surface area contributed by atoms with E-state index in [2.05, 4.69) is 0 Å². The molecule has 1 aromatic carbocycles. The van der Waals surface area contributed by atoms with Crippen molar-refractivity contribution < 1.29 is 14.9 Å². The fourth-order valence-corrected chi connectivity index (χ4v) is 1.84. The highest BCUT2D eigenvalue weighted by Crippen LogP contribution is 2.23. The van der Waals surface area contributed by atoms with E-state index in [9.17, 15) is 5.11 Å². The highest BCUT2D eigenvalue weighted by Gasteiger charge is 2.10. The first-order valence-electron chi connectivity index (χ1n) is 5.36. The van der Waals surface area contributed by atoms with Crippen LogP contribution in [0.5, 0.6) is 5.75 Å². The molecular formula is C12H18ClNO3. The fraction of sp³-hybridized carbons (Fsp3) is 0.500. The van der Waals surface area contributed by atoms with Crippen LogP contribution in [-0.4, -0.2) is 48.5 Å². The maximum absolute atomic E-state index is 9.34. The van der Waals surface area contributed by atoms with Gasteiger partial charge in [-0.25, -0.2) is 0 Å². The van der Waals surface area contributed by atoms with Crippen molar-refractivity contribution in [3.8, 4) is 5.75 Å². The van der Waals surface area contributed by atoms with Gasteiger partial charge in [-0.15, -0.1) is 0 Å². The zero-order valence-electron chi connectivity index (χ0n) is 10.1. The van der Waals surface area contributed by atoms with Crippen LogP contribution in [0.3, 0.4) is 0 Å². The summed E-state index contributed by atoms with van der Waals surface area (Å²) < 4.78 is 5.24. The molecule has 0 spiro atoms. The molecule has 0 fully saturated rings. The van der Waals surface area contributed by atoms with Crippen molar-refractivity contribution in [1.82, 2.24) is 4.90 Å². The van der Waals surface area contributed by atoms with Crippen LogP contribution in [0.1, 0.15) is 5.56 Å². The molecule has 1 atom stereocenters. The number of methoxy groups -OCH3 is 1. The summed E-state index contributed by atoms with van der Waals surface area (Å²) in [6.07, 6.45) is -0.731. The molecule has 1 aromatic rings. The molecule has 0 bridgehead atoms. The largest absolute Gasteiger partial charge is 0.496 e. The van der Waals surface area contributed by atoms with Crippen LogP contribution in [-0.2, 0) is 6.54 Å². The molecule has 17 heavy (non-hydrogen) atoms. The van der Waals surface area contributed by atoms with E-state index in [0.717, 1.165) is 11.3 Å². The molecule has 1 unspecified atom stereocenters. The number of halogens is 1. The summed E-state index contributed by atoms with van der Waals surface area (Å²) >= 11 is 5.93. The lowest BCUT2D eigenvalue weighted by atomic mass is 10.2. The molecule has 0 radical (unpaired) electrons. The standard InChI is InChI=1S/C12H18ClNO3/c1-14(7-11(16)8-15)6-9-5-10(13)3-4-12(9)17-2/h3-5,11,15-16H,6-8H2,1-2H3. The van der Waals surface area contributed by atoms with Gasteiger partial charge in [-0.2, -0.15) is 0 Å². The van der Waals surface area contributed by atoms with Crippen molar-refractivity contribution in [1.29, 1.82) is 0 Å². The van der Waals surface area contributed by atoms with E-state index in [4.69, 9.17) is 21.4 Å². The number of benzene rings is 1. The SMILES string of the molecule is COc1ccc(Cl)cc1CN(C)CC(O)CO. The summed E-state index contributed by atoms with van der Waals surface area (Å²) in [5.74, 6) is 0.764. The number of ether oxygens (including phenoxy) is 1. The van der Waals surface area contributed by atoms with Crippen molar-refractivity contribution in [2.24, 2.45) is 0 Å². The molecule has 0 saturated carbocycles. The molecule has 5 heteroatoms. The second kappa shape index (κ2) is 6.81. The molecule has 2 N–H and O–H groups in total. The Labute approximate surface area is 106 Å². The van der Waals surface area contributed by atoms with Crippen LogP contribution < -0.4 is 4.74 Å². The normalized spacial score (nSPS) is 12.8. The molecule has 0 aliphatic rings. The zero-order valence-corrected chi connectivity index (χ0v) is 10.8. The maximum atomic E-state index is 9.34. The molecule has 0 saturated heterocycles. The quantitative estimate of drug-likeness (QED) is 0.804. The first-order valence-corrected chi connectivity index (χ1v) is 5.74. The summed E-state index contributed by atoms with van der Waals surface area (Å²) in [5.41, 5.74) is 0.952. The van der Waals surface area contributed by atoms with Crippen molar-refractivity contribution >= 4 is 11.6 Å². The minimum absolute atomic E-state index is 0.239. The van der Waals surface area contributed by atoms with Crippen molar-refractivity contribution in [2.75, 3.05) is 27.3 Å². The Balaban J connectivity index is 2.69. The van der Waals surface area contributed by atoms with Gasteiger partial charge in [-0.1, -0.05) is 11.6 Å². The van der Waals surface area contributed by atoms with Gasteiger partial charge in [0.1, 0.15) is 5.75 Å². The molecule has 96 valence electrons. The van der Waals surface area contributed by atoms with Crippen LogP contribution >= 0.6 is 11.6 Å². The zero-order chi connectivity index (χ0) is 12.8. The maximum Gasteiger partial charge on any atom is 0.123 e. The van der Waals surface area contributed by atoms with Gasteiger partial charge in [0, 0.05) is 23.7 Å². The molecule has 0 aromatic heterocycles. The van der Waals surface area contributed by atoms with Gasteiger partial charge in [0.15, 0.2) is 0 Å². The Morgan fingerprint density at radius 3 is 2.76 bits per heavy atom. The Hall–Kier alpha value is -0.810. The van der Waals surface area contributed by atoms with E-state index in [1.165, 1.54) is 0 Å². The van der Waals surface area contributed by atoms with Crippen LogP contribution in [0.25, 0.3) is 0 Å². The highest BCUT2D eigenvalue weighted by molar-refractivity contribution is 6.30. The van der Waals surface area contributed by atoms with Crippen molar-refractivity contribution in [3.05, 3.63) is 28.8 Å². The average Bonchev–Trinajstić information content (AvgIpc) is 2.29. The summed E-state index contributed by atoms with van der Waals surface area (Å²) in [6.45, 7) is 0.754. The lowest BCUT2D eigenvalue weighted by Gasteiger charge is -2.20. The third-order valence-electron chi connectivity index (χ3n) is 2.42. The van der Waals surface area contributed by atoms with Gasteiger partial charge in [0.2, 0.25) is 0 Å². The van der Waals surface area contributed by atoms with E-state index in [0.29, 0.717) is 18.1 Å². The smallest absolute Gasteiger partial charge is 0.123 e. The Bertz CT molecular complexity index is 360. The predicted molar refractivity (Wildman–Crippen MR) is 67.4 cm³/mol. The fourth-order valence-electron chi connectivity index (χ4n) is 1.64. The van der Waals surface area contributed by atoms with Gasteiger partial charge in [-0.3, -0.25) is 4.90 Å². The Morgan fingerprint density at radius 2 is 2.18 bits per heavy atom. The Kier molecular flexibility index (Phi) is 5.71. The van der Waals surface area contributed by atoms with Crippen LogP contribution in [0.2, 0.25) is 5.02 Å². The second-order valence-electron chi connectivity index (χ2n) is 3.99. The minimum atomic E-state index is -0.731. The topological polar surface area (TPSA) is 52.9 Å². The van der Waals surface area contributed by atoms with Crippen molar-refractivity contribution in [3.63, 3.8) is 0 Å². The summed E-state index contributed by atoms with van der Waals surface area (Å²) in [4.78, 5) is 1.90. The molecule has 0 aliphatic heterocycles. The predicted octanol–water partition coefficient (Wildman–Crippen LogP) is 1.13. The van der Waals surface area contributed by atoms with Gasteiger partial charge >= 0.3 is 0 Å². The van der Waals surface area contributed by atoms with Crippen LogP contribution in [0.15, 0.2) is 18.2 Å². The minimum Gasteiger partial charge on any atom is -0.496 e. The number of likely N-dealkylation sites (N-methyl/N-ethyl adjacent to an activating group) is 1. The number of rotatable bonds is 6. The first kappa shape index (κ1) is 14.3. The Morgan fingerprint density at radius 1 is 1.47 bits per heavy atom. The number of hydrogen-bond acceptors (Lipinski definition) is 4. The van der Waals surface area contributed by atoms with E-state index in [1.807, 2.05) is 24.1 Å². The van der Waals surface area contributed by atoms with Crippen LogP contribution in [0.4, 0.5) is 0 Å². The highest BCUT2D eigenvalue weighted by atomic mass is 35.5. The van der Waals surface area contributed by atoms with Gasteiger partial charge in [0.05, 0.1) is 19.8 Å². The average molecular weight is 260 g/mol. The molecule has 0 amide bonds. The molecular weight excluding hydrogens is 242 g/mol. The van der Waals surface area contributed by atoms with E-state index in [1.54, 1.807) is 13.2 Å². The number of aliphatic hydroxyl groups excluding tert-OH is 2. The molecule has 0 heterocycles. The molecule has 1 rings (SSSR count). The van der Waals surface area contributed by atoms with Crippen molar-refractivity contribution in [2.45, 2.75) is 12.6 Å². The second-order valence-corrected chi connectivity index (χ2v) is 4.43. The third-order valence-corrected chi connectivity index (χ3v) is 2.65. The van der Waals surface area contributed by atoms with Crippen LogP contribution in [0, 0.1) is 0 Å². The number of nitrogens with zero attached hydrogens (tertiary/aromatic N) is 1. The summed E-state index contributed by atoms with van der Waals surface area (Å²) in [5, 5.41) is 18.8. The monoisotopic (exact) mass is 259 g/mol. The van der Waals surface area contributed by atoms with Gasteiger partial charge in [-0.05, 0) is 25.2 Å². The number of hydrogen-bond donors (Lipinski definition) is 2. The van der Waals surface area contributed by atoms with Gasteiger partial charge < -0.3 is 14.9 Å². The summed E-state index contributed by atoms with van der Waals surface area (Å²) in [6, 6.07) is 5.42. The van der Waals surface area contributed by atoms with E-state index in [-0.39, 0.29) is 6.61 Å². The molecule has 4 nitrogen and oxygen atoms in total. The lowest BCUT2D eigenvalue weighted by Crippen LogP contribution is -2.31. The summed E-state index contributed by atoms with van der Waals surface area (Å²) in [7, 11) is 3.47. The van der Waals surface area contributed by atoms with E-state index < -0.39 is 6.10 Å². The van der Waals surface area contributed by atoms with E-state index >= 15 is 0 Å². The van der Waals surface area contributed by atoms with Gasteiger partial charge in [0.25, 0.3) is 0 Å². The number of aliphatic hydroxyl groups is 2. The third kappa shape index (κ3) is 4.52. The lowest BCUT2D eigenvalue weighted by molar-refractivity contribution is 0.0646. The molecule has 0 aliphatic carbocycles.